The summed E-state index contributed by atoms with van der Waals surface area (Å²) in [6, 6.07) is 5.02. The summed E-state index contributed by atoms with van der Waals surface area (Å²) in [5.41, 5.74) is 0. The van der Waals surface area contributed by atoms with Crippen molar-refractivity contribution in [2.24, 2.45) is 0 Å². The van der Waals surface area contributed by atoms with Crippen LogP contribution in [0.2, 0.25) is 0 Å². The molecular weight excluding hydrogens is 334 g/mol. The van der Waals surface area contributed by atoms with Crippen molar-refractivity contribution in [3.05, 3.63) is 27.1 Å². The van der Waals surface area contributed by atoms with Gasteiger partial charge in [-0.25, -0.2) is 12.7 Å². The van der Waals surface area contributed by atoms with Crippen molar-refractivity contribution in [3.63, 3.8) is 0 Å². The van der Waals surface area contributed by atoms with Gasteiger partial charge in [0.25, 0.3) is 0 Å². The predicted molar refractivity (Wildman–Crippen MR) is 62.7 cm³/mol. The van der Waals surface area contributed by atoms with Gasteiger partial charge >= 0.3 is 0 Å². The smallest absolute Gasteiger partial charge is 0.207 e. The molecule has 0 saturated carbocycles. The Balaban J connectivity index is 3.42. The molecule has 0 heterocycles. The van der Waals surface area contributed by atoms with Crippen molar-refractivity contribution < 1.29 is 8.42 Å². The van der Waals surface area contributed by atoms with E-state index in [1.165, 1.54) is 18.4 Å². The molecule has 14 heavy (non-hydrogen) atoms. The van der Waals surface area contributed by atoms with Crippen LogP contribution in [0.3, 0.4) is 0 Å². The van der Waals surface area contributed by atoms with Crippen molar-refractivity contribution in [1.29, 1.82) is 0 Å². The Hall–Kier alpha value is 0.0900. The maximum absolute atomic E-state index is 11.8. The standard InChI is InChI=1S/C8H9Br2NO2S/c1-11(2)14(12,13)7-5-3-4-6(9)8(7)10/h3-5H,1-2H3. The minimum Gasteiger partial charge on any atom is -0.207 e. The number of hydrogen-bond donors (Lipinski definition) is 0. The fourth-order valence-corrected chi connectivity index (χ4v) is 3.24. The molecule has 0 aromatic heterocycles. The molecule has 0 aliphatic heterocycles. The Morgan fingerprint density at radius 3 is 2.29 bits per heavy atom. The largest absolute Gasteiger partial charge is 0.243 e. The van der Waals surface area contributed by atoms with E-state index in [4.69, 9.17) is 0 Å². The van der Waals surface area contributed by atoms with Gasteiger partial charge in [-0.15, -0.1) is 0 Å². The molecule has 0 unspecified atom stereocenters. The Morgan fingerprint density at radius 1 is 1.21 bits per heavy atom. The molecule has 0 N–H and O–H groups in total. The van der Waals surface area contributed by atoms with Crippen LogP contribution in [0.1, 0.15) is 0 Å². The van der Waals surface area contributed by atoms with Gasteiger partial charge in [0.15, 0.2) is 0 Å². The summed E-state index contributed by atoms with van der Waals surface area (Å²) in [6.45, 7) is 0. The van der Waals surface area contributed by atoms with Crippen molar-refractivity contribution in [1.82, 2.24) is 4.31 Å². The lowest BCUT2D eigenvalue weighted by molar-refractivity contribution is 0.520. The highest BCUT2D eigenvalue weighted by Crippen LogP contribution is 2.30. The van der Waals surface area contributed by atoms with Gasteiger partial charge in [0.2, 0.25) is 10.0 Å². The zero-order chi connectivity index (χ0) is 10.9. The number of halogens is 2. The molecule has 78 valence electrons. The summed E-state index contributed by atoms with van der Waals surface area (Å²) in [5, 5.41) is 0. The Morgan fingerprint density at radius 2 is 1.79 bits per heavy atom. The SMILES string of the molecule is CN(C)S(=O)(=O)c1cccc(Br)c1Br. The second-order valence-corrected chi connectivity index (χ2v) is 6.61. The second-order valence-electron chi connectivity index (χ2n) is 2.84. The van der Waals surface area contributed by atoms with Crippen LogP contribution in [0.25, 0.3) is 0 Å². The lowest BCUT2D eigenvalue weighted by atomic mass is 10.4. The molecule has 6 heteroatoms. The number of benzene rings is 1. The van der Waals surface area contributed by atoms with Gasteiger partial charge in [-0.3, -0.25) is 0 Å². The lowest BCUT2D eigenvalue weighted by Crippen LogP contribution is -2.22. The van der Waals surface area contributed by atoms with Crippen LogP contribution in [0.5, 0.6) is 0 Å². The molecule has 0 spiro atoms. The zero-order valence-electron chi connectivity index (χ0n) is 7.66. The average Bonchev–Trinajstić information content (AvgIpc) is 2.09. The van der Waals surface area contributed by atoms with Crippen molar-refractivity contribution in [2.75, 3.05) is 14.1 Å². The topological polar surface area (TPSA) is 37.4 Å². The van der Waals surface area contributed by atoms with Gasteiger partial charge < -0.3 is 0 Å². The molecule has 0 radical (unpaired) electrons. The van der Waals surface area contributed by atoms with Gasteiger partial charge in [0, 0.05) is 18.6 Å². The molecule has 0 atom stereocenters. The minimum absolute atomic E-state index is 0.261. The van der Waals surface area contributed by atoms with Gasteiger partial charge in [-0.1, -0.05) is 6.07 Å². The van der Waals surface area contributed by atoms with E-state index in [9.17, 15) is 8.42 Å². The van der Waals surface area contributed by atoms with Crippen LogP contribution >= 0.6 is 31.9 Å². The highest BCUT2D eigenvalue weighted by Gasteiger charge is 2.20. The van der Waals surface area contributed by atoms with Crippen LogP contribution in [0.4, 0.5) is 0 Å². The van der Waals surface area contributed by atoms with Crippen LogP contribution in [-0.4, -0.2) is 26.8 Å². The molecule has 1 rings (SSSR count). The van der Waals surface area contributed by atoms with E-state index < -0.39 is 10.0 Å². The zero-order valence-corrected chi connectivity index (χ0v) is 11.6. The van der Waals surface area contributed by atoms with Crippen molar-refractivity contribution in [3.8, 4) is 0 Å². The molecule has 0 bridgehead atoms. The Labute approximate surface area is 100 Å². The molecule has 1 aromatic rings. The summed E-state index contributed by atoms with van der Waals surface area (Å²) < 4.78 is 26.0. The normalized spacial score (nSPS) is 12.1. The summed E-state index contributed by atoms with van der Waals surface area (Å²) in [4.78, 5) is 0.261. The molecular formula is C8H9Br2NO2S. The van der Waals surface area contributed by atoms with E-state index in [1.807, 2.05) is 0 Å². The maximum atomic E-state index is 11.8. The molecule has 3 nitrogen and oxygen atoms in total. The van der Waals surface area contributed by atoms with E-state index >= 15 is 0 Å². The van der Waals surface area contributed by atoms with Crippen molar-refractivity contribution >= 4 is 41.9 Å². The third kappa shape index (κ3) is 2.18. The molecule has 0 saturated heterocycles. The van der Waals surface area contributed by atoms with E-state index in [0.717, 1.165) is 4.47 Å². The Kier molecular flexibility index (Phi) is 3.74. The summed E-state index contributed by atoms with van der Waals surface area (Å²) >= 11 is 6.49. The first-order valence-electron chi connectivity index (χ1n) is 3.74. The van der Waals surface area contributed by atoms with Crippen molar-refractivity contribution in [2.45, 2.75) is 4.90 Å². The molecule has 0 amide bonds. The number of sulfonamides is 1. The van der Waals surface area contributed by atoms with Gasteiger partial charge in [-0.05, 0) is 44.0 Å². The first-order valence-corrected chi connectivity index (χ1v) is 6.76. The predicted octanol–water partition coefficient (Wildman–Crippen LogP) is 2.46. The van der Waals surface area contributed by atoms with E-state index in [2.05, 4.69) is 31.9 Å². The minimum atomic E-state index is -3.37. The highest BCUT2D eigenvalue weighted by molar-refractivity contribution is 9.13. The first-order chi connectivity index (χ1) is 6.37. The molecule has 0 fully saturated rings. The number of nitrogens with zero attached hydrogens (tertiary/aromatic N) is 1. The van der Waals surface area contributed by atoms with Gasteiger partial charge in [0.1, 0.15) is 0 Å². The number of hydrogen-bond acceptors (Lipinski definition) is 2. The van der Waals surface area contributed by atoms with Gasteiger partial charge in [-0.2, -0.15) is 0 Å². The van der Waals surface area contributed by atoms with E-state index in [-0.39, 0.29) is 4.90 Å². The monoisotopic (exact) mass is 341 g/mol. The second kappa shape index (κ2) is 4.30. The summed E-state index contributed by atoms with van der Waals surface area (Å²) in [5.74, 6) is 0. The highest BCUT2D eigenvalue weighted by atomic mass is 79.9. The fourth-order valence-electron chi connectivity index (χ4n) is 0.880. The Bertz CT molecular complexity index is 443. The average molecular weight is 343 g/mol. The molecule has 0 aliphatic rings. The van der Waals surface area contributed by atoms with Crippen LogP contribution in [-0.2, 0) is 10.0 Å². The van der Waals surface area contributed by atoms with Gasteiger partial charge in [0.05, 0.1) is 9.37 Å². The van der Waals surface area contributed by atoms with E-state index in [0.29, 0.717) is 4.47 Å². The summed E-state index contributed by atoms with van der Waals surface area (Å²) in [6.07, 6.45) is 0. The van der Waals surface area contributed by atoms with Crippen LogP contribution < -0.4 is 0 Å². The summed E-state index contributed by atoms with van der Waals surface area (Å²) in [7, 11) is -0.368. The van der Waals surface area contributed by atoms with Crippen LogP contribution in [0.15, 0.2) is 32.0 Å². The lowest BCUT2D eigenvalue weighted by Gasteiger charge is -2.13. The van der Waals surface area contributed by atoms with Crippen LogP contribution in [0, 0.1) is 0 Å². The maximum Gasteiger partial charge on any atom is 0.243 e. The third-order valence-electron chi connectivity index (χ3n) is 1.67. The molecule has 1 aromatic carbocycles. The van der Waals surface area contributed by atoms with E-state index in [1.54, 1.807) is 18.2 Å². The third-order valence-corrected chi connectivity index (χ3v) is 5.84. The quantitative estimate of drug-likeness (QED) is 0.827. The molecule has 0 aliphatic carbocycles. The number of rotatable bonds is 2. The first kappa shape index (κ1) is 12.2. The fraction of sp³-hybridized carbons (Fsp3) is 0.250.